The van der Waals surface area contributed by atoms with Crippen molar-refractivity contribution in [2.24, 2.45) is 10.9 Å². The average molecular weight is 255 g/mol. The number of primary sulfonamides is 1. The Kier molecular flexibility index (Phi) is 3.37. The summed E-state index contributed by atoms with van der Waals surface area (Å²) in [5.74, 6) is -0.0312. The molecule has 0 spiro atoms. The van der Waals surface area contributed by atoms with Crippen LogP contribution in [-0.2, 0) is 10.0 Å². The van der Waals surface area contributed by atoms with E-state index in [1.165, 1.54) is 0 Å². The van der Waals surface area contributed by atoms with Gasteiger partial charge >= 0.3 is 0 Å². The minimum absolute atomic E-state index is 0.0312. The Labute approximate surface area is 101 Å². The summed E-state index contributed by atoms with van der Waals surface area (Å²) in [6.45, 7) is 1.19. The monoisotopic (exact) mass is 255 g/mol. The molecular formula is C11H17N3O2S. The van der Waals surface area contributed by atoms with Gasteiger partial charge in [-0.3, -0.25) is 0 Å². The van der Waals surface area contributed by atoms with Crippen molar-refractivity contribution in [1.29, 1.82) is 0 Å². The molecule has 94 valence electrons. The van der Waals surface area contributed by atoms with E-state index in [-0.39, 0.29) is 11.8 Å². The number of anilines is 1. The molecule has 1 heterocycles. The van der Waals surface area contributed by atoms with Crippen molar-refractivity contribution in [3.63, 3.8) is 0 Å². The molecule has 0 aliphatic carbocycles. The SMILES string of the molecule is NC1CCN(CCS(N)(=O)=O)c2ccccc21. The van der Waals surface area contributed by atoms with Crippen molar-refractivity contribution in [1.82, 2.24) is 0 Å². The van der Waals surface area contributed by atoms with Gasteiger partial charge in [-0.1, -0.05) is 18.2 Å². The summed E-state index contributed by atoms with van der Waals surface area (Å²) in [7, 11) is -3.41. The second-order valence-electron chi connectivity index (χ2n) is 4.31. The number of sulfonamides is 1. The molecule has 0 saturated heterocycles. The molecule has 1 aromatic rings. The van der Waals surface area contributed by atoms with E-state index >= 15 is 0 Å². The predicted octanol–water partition coefficient (Wildman–Crippen LogP) is 0.185. The molecule has 0 radical (unpaired) electrons. The van der Waals surface area contributed by atoms with Crippen LogP contribution in [0.15, 0.2) is 24.3 Å². The van der Waals surface area contributed by atoms with Gasteiger partial charge in [0.25, 0.3) is 0 Å². The number of fused-ring (bicyclic) bond motifs is 1. The maximum absolute atomic E-state index is 11.0. The second kappa shape index (κ2) is 4.64. The normalized spacial score (nSPS) is 20.1. The molecule has 1 aliphatic rings. The first-order valence-electron chi connectivity index (χ1n) is 5.57. The Balaban J connectivity index is 2.19. The van der Waals surface area contributed by atoms with Gasteiger partial charge in [0, 0.05) is 24.8 Å². The summed E-state index contributed by atoms with van der Waals surface area (Å²) < 4.78 is 22.0. The summed E-state index contributed by atoms with van der Waals surface area (Å²) in [6.07, 6.45) is 0.835. The highest BCUT2D eigenvalue weighted by Crippen LogP contribution is 2.31. The third kappa shape index (κ3) is 2.96. The molecule has 1 aliphatic heterocycles. The fourth-order valence-electron chi connectivity index (χ4n) is 2.13. The number of hydrogen-bond acceptors (Lipinski definition) is 4. The lowest BCUT2D eigenvalue weighted by Gasteiger charge is -2.34. The molecule has 1 unspecified atom stereocenters. The fourth-order valence-corrected chi connectivity index (χ4v) is 2.60. The fraction of sp³-hybridized carbons (Fsp3) is 0.455. The van der Waals surface area contributed by atoms with E-state index in [1.54, 1.807) is 0 Å². The van der Waals surface area contributed by atoms with E-state index < -0.39 is 10.0 Å². The van der Waals surface area contributed by atoms with Crippen LogP contribution in [-0.4, -0.2) is 27.3 Å². The number of nitrogens with zero attached hydrogens (tertiary/aromatic N) is 1. The molecule has 6 heteroatoms. The summed E-state index contributed by atoms with van der Waals surface area (Å²) >= 11 is 0. The summed E-state index contributed by atoms with van der Waals surface area (Å²) in [5.41, 5.74) is 8.12. The van der Waals surface area contributed by atoms with Crippen molar-refractivity contribution < 1.29 is 8.42 Å². The summed E-state index contributed by atoms with van der Waals surface area (Å²) in [6, 6.07) is 7.88. The molecule has 0 bridgehead atoms. The van der Waals surface area contributed by atoms with Gasteiger partial charge in [0.15, 0.2) is 0 Å². The van der Waals surface area contributed by atoms with Gasteiger partial charge in [0.05, 0.1) is 5.75 Å². The molecule has 4 N–H and O–H groups in total. The number of para-hydroxylation sites is 1. The number of benzene rings is 1. The van der Waals surface area contributed by atoms with Crippen LogP contribution in [0, 0.1) is 0 Å². The molecule has 0 aromatic heterocycles. The zero-order valence-electron chi connectivity index (χ0n) is 9.54. The highest BCUT2D eigenvalue weighted by Gasteiger charge is 2.22. The Morgan fingerprint density at radius 1 is 1.35 bits per heavy atom. The highest BCUT2D eigenvalue weighted by atomic mass is 32.2. The zero-order chi connectivity index (χ0) is 12.5. The van der Waals surface area contributed by atoms with Crippen molar-refractivity contribution >= 4 is 15.7 Å². The van der Waals surface area contributed by atoms with Crippen molar-refractivity contribution in [2.45, 2.75) is 12.5 Å². The van der Waals surface area contributed by atoms with Gasteiger partial charge in [-0.25, -0.2) is 13.6 Å². The van der Waals surface area contributed by atoms with Gasteiger partial charge in [-0.05, 0) is 18.1 Å². The molecule has 1 atom stereocenters. The first kappa shape index (κ1) is 12.3. The Hall–Kier alpha value is -1.11. The molecule has 0 amide bonds. The molecule has 17 heavy (non-hydrogen) atoms. The molecule has 2 rings (SSSR count). The second-order valence-corrected chi connectivity index (χ2v) is 6.04. The van der Waals surface area contributed by atoms with Gasteiger partial charge < -0.3 is 10.6 Å². The topological polar surface area (TPSA) is 89.4 Å². The van der Waals surface area contributed by atoms with Crippen molar-refractivity contribution in [2.75, 3.05) is 23.7 Å². The van der Waals surface area contributed by atoms with E-state index in [9.17, 15) is 8.42 Å². The lowest BCUT2D eigenvalue weighted by atomic mass is 9.97. The van der Waals surface area contributed by atoms with Crippen molar-refractivity contribution in [3.8, 4) is 0 Å². The Morgan fingerprint density at radius 2 is 2.06 bits per heavy atom. The Bertz CT molecular complexity index is 501. The predicted molar refractivity (Wildman–Crippen MR) is 68.2 cm³/mol. The van der Waals surface area contributed by atoms with Crippen LogP contribution in [0.5, 0.6) is 0 Å². The highest BCUT2D eigenvalue weighted by molar-refractivity contribution is 7.89. The number of hydrogen-bond donors (Lipinski definition) is 2. The van der Waals surface area contributed by atoms with Gasteiger partial charge in [-0.15, -0.1) is 0 Å². The van der Waals surface area contributed by atoms with Crippen LogP contribution in [0.2, 0.25) is 0 Å². The number of nitrogens with two attached hydrogens (primary N) is 2. The zero-order valence-corrected chi connectivity index (χ0v) is 10.4. The minimum atomic E-state index is -3.41. The molecule has 1 aromatic carbocycles. The largest absolute Gasteiger partial charge is 0.370 e. The standard InChI is InChI=1S/C11H17N3O2S/c12-10-5-6-14(7-8-17(13,15)16)11-4-2-1-3-9(10)11/h1-4,10H,5-8,12H2,(H2,13,15,16). The summed E-state index contributed by atoms with van der Waals surface area (Å²) in [4.78, 5) is 2.03. The van der Waals surface area contributed by atoms with Crippen LogP contribution < -0.4 is 15.8 Å². The maximum atomic E-state index is 11.0. The van der Waals surface area contributed by atoms with Gasteiger partial charge in [0.2, 0.25) is 10.0 Å². The third-order valence-electron chi connectivity index (χ3n) is 3.03. The van der Waals surface area contributed by atoms with E-state index in [0.29, 0.717) is 6.54 Å². The average Bonchev–Trinajstić information content (AvgIpc) is 2.27. The summed E-state index contributed by atoms with van der Waals surface area (Å²) in [5, 5.41) is 5.02. The Morgan fingerprint density at radius 3 is 2.76 bits per heavy atom. The first-order chi connectivity index (χ1) is 7.97. The maximum Gasteiger partial charge on any atom is 0.210 e. The molecule has 5 nitrogen and oxygen atoms in total. The molecule has 0 saturated carbocycles. The third-order valence-corrected chi connectivity index (χ3v) is 3.78. The quantitative estimate of drug-likeness (QED) is 0.806. The van der Waals surface area contributed by atoms with E-state index in [0.717, 1.165) is 24.2 Å². The molecule has 0 fully saturated rings. The van der Waals surface area contributed by atoms with Crippen molar-refractivity contribution in [3.05, 3.63) is 29.8 Å². The van der Waals surface area contributed by atoms with Crippen LogP contribution in [0.4, 0.5) is 5.69 Å². The van der Waals surface area contributed by atoms with Crippen LogP contribution in [0.25, 0.3) is 0 Å². The smallest absolute Gasteiger partial charge is 0.210 e. The number of rotatable bonds is 3. The van der Waals surface area contributed by atoms with Gasteiger partial charge in [-0.2, -0.15) is 0 Å². The van der Waals surface area contributed by atoms with Crippen LogP contribution in [0.3, 0.4) is 0 Å². The molecular weight excluding hydrogens is 238 g/mol. The van der Waals surface area contributed by atoms with E-state index in [4.69, 9.17) is 10.9 Å². The minimum Gasteiger partial charge on any atom is -0.370 e. The van der Waals surface area contributed by atoms with E-state index in [1.807, 2.05) is 29.2 Å². The van der Waals surface area contributed by atoms with Crippen LogP contribution >= 0.6 is 0 Å². The van der Waals surface area contributed by atoms with Gasteiger partial charge in [0.1, 0.15) is 0 Å². The lowest BCUT2D eigenvalue weighted by Crippen LogP contribution is -2.37. The van der Waals surface area contributed by atoms with E-state index in [2.05, 4.69) is 0 Å². The first-order valence-corrected chi connectivity index (χ1v) is 7.29. The van der Waals surface area contributed by atoms with Crippen LogP contribution in [0.1, 0.15) is 18.0 Å². The lowest BCUT2D eigenvalue weighted by molar-refractivity contribution is 0.583.